The molecular formula is C14H22N2O. The topological polar surface area (TPSA) is 45.1 Å². The first-order valence-corrected chi connectivity index (χ1v) is 6.58. The maximum absolute atomic E-state index is 10.0. The number of rotatable bonds is 4. The van der Waals surface area contributed by atoms with Gasteiger partial charge in [0.1, 0.15) is 0 Å². The van der Waals surface area contributed by atoms with E-state index in [9.17, 15) is 5.11 Å². The van der Waals surface area contributed by atoms with Gasteiger partial charge in [-0.1, -0.05) is 19.8 Å². The van der Waals surface area contributed by atoms with Crippen LogP contribution in [0.3, 0.4) is 0 Å². The van der Waals surface area contributed by atoms with Gasteiger partial charge in [0.15, 0.2) is 0 Å². The predicted octanol–water partition coefficient (Wildman–Crippen LogP) is 2.28. The standard InChI is InChI=1S/C14H22N2O/c1-11-4-2-3-5-13(11)16-10-14(17)12-6-8-15-9-7-12/h6-9,11,13-14,16-17H,2-5,10H2,1H3. The van der Waals surface area contributed by atoms with Crippen LogP contribution in [0.4, 0.5) is 0 Å². The Morgan fingerprint density at radius 2 is 2.06 bits per heavy atom. The molecule has 0 spiro atoms. The minimum atomic E-state index is -0.424. The molecule has 0 aliphatic heterocycles. The third-order valence-corrected chi connectivity index (χ3v) is 3.78. The zero-order valence-electron chi connectivity index (χ0n) is 10.5. The average molecular weight is 234 g/mol. The van der Waals surface area contributed by atoms with Gasteiger partial charge in [-0.3, -0.25) is 4.98 Å². The van der Waals surface area contributed by atoms with Crippen LogP contribution in [0.5, 0.6) is 0 Å². The number of aromatic nitrogens is 1. The fourth-order valence-corrected chi connectivity index (χ4v) is 2.59. The van der Waals surface area contributed by atoms with E-state index in [2.05, 4.69) is 17.2 Å². The number of hydrogen-bond acceptors (Lipinski definition) is 3. The molecule has 1 aromatic heterocycles. The van der Waals surface area contributed by atoms with Crippen LogP contribution in [0, 0.1) is 5.92 Å². The molecule has 94 valence electrons. The van der Waals surface area contributed by atoms with Gasteiger partial charge in [-0.2, -0.15) is 0 Å². The van der Waals surface area contributed by atoms with Crippen LogP contribution >= 0.6 is 0 Å². The molecule has 1 aromatic rings. The fourth-order valence-electron chi connectivity index (χ4n) is 2.59. The molecule has 3 nitrogen and oxygen atoms in total. The molecule has 2 N–H and O–H groups in total. The van der Waals surface area contributed by atoms with E-state index in [1.54, 1.807) is 12.4 Å². The third kappa shape index (κ3) is 3.51. The number of aliphatic hydroxyl groups is 1. The van der Waals surface area contributed by atoms with E-state index >= 15 is 0 Å². The lowest BCUT2D eigenvalue weighted by molar-refractivity contribution is 0.157. The van der Waals surface area contributed by atoms with Crippen molar-refractivity contribution >= 4 is 0 Å². The molecule has 2 rings (SSSR count). The molecule has 1 heterocycles. The SMILES string of the molecule is CC1CCCCC1NCC(O)c1ccncc1. The highest BCUT2D eigenvalue weighted by atomic mass is 16.3. The zero-order chi connectivity index (χ0) is 12.1. The molecule has 3 atom stereocenters. The molecular weight excluding hydrogens is 212 g/mol. The summed E-state index contributed by atoms with van der Waals surface area (Å²) in [5.41, 5.74) is 0.941. The number of pyridine rings is 1. The summed E-state index contributed by atoms with van der Waals surface area (Å²) >= 11 is 0. The second-order valence-corrected chi connectivity index (χ2v) is 5.07. The second kappa shape index (κ2) is 6.12. The van der Waals surface area contributed by atoms with Crippen LogP contribution in [0.15, 0.2) is 24.5 Å². The lowest BCUT2D eigenvalue weighted by Crippen LogP contribution is -2.39. The van der Waals surface area contributed by atoms with Crippen molar-refractivity contribution in [3.05, 3.63) is 30.1 Å². The van der Waals surface area contributed by atoms with Crippen LogP contribution in [0.1, 0.15) is 44.3 Å². The number of nitrogens with one attached hydrogen (secondary N) is 1. The van der Waals surface area contributed by atoms with Gasteiger partial charge in [0.2, 0.25) is 0 Å². The fraction of sp³-hybridized carbons (Fsp3) is 0.643. The largest absolute Gasteiger partial charge is 0.387 e. The third-order valence-electron chi connectivity index (χ3n) is 3.78. The van der Waals surface area contributed by atoms with E-state index in [-0.39, 0.29) is 0 Å². The summed E-state index contributed by atoms with van der Waals surface area (Å²) in [6.07, 6.45) is 8.24. The highest BCUT2D eigenvalue weighted by molar-refractivity contribution is 5.13. The average Bonchev–Trinajstić information content (AvgIpc) is 2.38. The van der Waals surface area contributed by atoms with Gasteiger partial charge >= 0.3 is 0 Å². The van der Waals surface area contributed by atoms with Crippen molar-refractivity contribution in [2.45, 2.75) is 44.8 Å². The first-order valence-electron chi connectivity index (χ1n) is 6.58. The number of hydrogen-bond donors (Lipinski definition) is 2. The van der Waals surface area contributed by atoms with Crippen LogP contribution in [0.25, 0.3) is 0 Å². The van der Waals surface area contributed by atoms with Gasteiger partial charge in [-0.15, -0.1) is 0 Å². The lowest BCUT2D eigenvalue weighted by Gasteiger charge is -2.30. The molecule has 1 fully saturated rings. The van der Waals surface area contributed by atoms with Crippen LogP contribution in [-0.4, -0.2) is 22.7 Å². The van der Waals surface area contributed by atoms with E-state index in [4.69, 9.17) is 0 Å². The number of nitrogens with zero attached hydrogens (tertiary/aromatic N) is 1. The van der Waals surface area contributed by atoms with Crippen molar-refractivity contribution in [2.24, 2.45) is 5.92 Å². The highest BCUT2D eigenvalue weighted by Gasteiger charge is 2.21. The van der Waals surface area contributed by atoms with Gasteiger partial charge in [-0.25, -0.2) is 0 Å². The van der Waals surface area contributed by atoms with E-state index in [1.807, 2.05) is 12.1 Å². The predicted molar refractivity (Wildman–Crippen MR) is 68.6 cm³/mol. The minimum absolute atomic E-state index is 0.424. The summed E-state index contributed by atoms with van der Waals surface area (Å²) in [5, 5.41) is 13.5. The van der Waals surface area contributed by atoms with E-state index in [0.717, 1.165) is 11.5 Å². The lowest BCUT2D eigenvalue weighted by atomic mass is 9.86. The molecule has 0 amide bonds. The molecule has 0 bridgehead atoms. The Morgan fingerprint density at radius 3 is 2.76 bits per heavy atom. The molecule has 0 aromatic carbocycles. The Labute approximate surface area is 103 Å². The Kier molecular flexibility index (Phi) is 4.51. The first kappa shape index (κ1) is 12.5. The molecule has 1 aliphatic rings. The summed E-state index contributed by atoms with van der Waals surface area (Å²) in [5.74, 6) is 0.730. The van der Waals surface area contributed by atoms with Gasteiger partial charge < -0.3 is 10.4 Å². The quantitative estimate of drug-likeness (QED) is 0.840. The van der Waals surface area contributed by atoms with Gasteiger partial charge in [0, 0.05) is 25.0 Å². The Balaban J connectivity index is 1.81. The molecule has 0 saturated heterocycles. The van der Waals surface area contributed by atoms with Crippen LogP contribution < -0.4 is 5.32 Å². The highest BCUT2D eigenvalue weighted by Crippen LogP contribution is 2.24. The minimum Gasteiger partial charge on any atom is -0.387 e. The number of aliphatic hydroxyl groups excluding tert-OH is 1. The maximum Gasteiger partial charge on any atom is 0.0915 e. The van der Waals surface area contributed by atoms with E-state index in [0.29, 0.717) is 12.6 Å². The van der Waals surface area contributed by atoms with Gasteiger partial charge in [-0.05, 0) is 36.5 Å². The summed E-state index contributed by atoms with van der Waals surface area (Å²) in [6, 6.07) is 4.31. The molecule has 3 unspecified atom stereocenters. The zero-order valence-corrected chi connectivity index (χ0v) is 10.5. The van der Waals surface area contributed by atoms with E-state index in [1.165, 1.54) is 25.7 Å². The monoisotopic (exact) mass is 234 g/mol. The Bertz CT molecular complexity index is 328. The van der Waals surface area contributed by atoms with Crippen LogP contribution in [-0.2, 0) is 0 Å². The summed E-state index contributed by atoms with van der Waals surface area (Å²) in [6.45, 7) is 2.94. The van der Waals surface area contributed by atoms with Crippen molar-refractivity contribution in [3.63, 3.8) is 0 Å². The molecule has 1 saturated carbocycles. The molecule has 3 heteroatoms. The van der Waals surface area contributed by atoms with E-state index < -0.39 is 6.10 Å². The van der Waals surface area contributed by atoms with Crippen molar-refractivity contribution in [3.8, 4) is 0 Å². The van der Waals surface area contributed by atoms with Gasteiger partial charge in [0.25, 0.3) is 0 Å². The van der Waals surface area contributed by atoms with Crippen molar-refractivity contribution in [1.82, 2.24) is 10.3 Å². The molecule has 1 aliphatic carbocycles. The summed E-state index contributed by atoms with van der Waals surface area (Å²) < 4.78 is 0. The van der Waals surface area contributed by atoms with Gasteiger partial charge in [0.05, 0.1) is 6.10 Å². The van der Waals surface area contributed by atoms with Crippen molar-refractivity contribution in [1.29, 1.82) is 0 Å². The summed E-state index contributed by atoms with van der Waals surface area (Å²) in [4.78, 5) is 3.96. The molecule has 17 heavy (non-hydrogen) atoms. The van der Waals surface area contributed by atoms with Crippen molar-refractivity contribution in [2.75, 3.05) is 6.54 Å². The van der Waals surface area contributed by atoms with Crippen molar-refractivity contribution < 1.29 is 5.11 Å². The second-order valence-electron chi connectivity index (χ2n) is 5.07. The first-order chi connectivity index (χ1) is 8.27. The molecule has 0 radical (unpaired) electrons. The normalized spacial score (nSPS) is 26.7. The Hall–Kier alpha value is -0.930. The Morgan fingerprint density at radius 1 is 1.35 bits per heavy atom. The summed E-state index contributed by atoms with van der Waals surface area (Å²) in [7, 11) is 0. The maximum atomic E-state index is 10.0. The van der Waals surface area contributed by atoms with Crippen LogP contribution in [0.2, 0.25) is 0 Å². The smallest absolute Gasteiger partial charge is 0.0915 e.